The van der Waals surface area contributed by atoms with Crippen LogP contribution in [0.4, 0.5) is 0 Å². The van der Waals surface area contributed by atoms with Gasteiger partial charge in [-0.15, -0.1) is 17.9 Å². The number of nitrogens with zero attached hydrogens (tertiary/aromatic N) is 2. The molecule has 102 valence electrons. The second-order valence-electron chi connectivity index (χ2n) is 4.79. The van der Waals surface area contributed by atoms with E-state index in [1.54, 1.807) is 35.4 Å². The van der Waals surface area contributed by atoms with Crippen LogP contribution in [0.15, 0.2) is 30.2 Å². The predicted octanol–water partition coefficient (Wildman–Crippen LogP) is 3.30. The normalized spacial score (nSPS) is 22.8. The van der Waals surface area contributed by atoms with E-state index in [-0.39, 0.29) is 10.9 Å². The quantitative estimate of drug-likeness (QED) is 0.213. The molecule has 1 fully saturated rings. The van der Waals surface area contributed by atoms with Gasteiger partial charge in [0.2, 0.25) is 0 Å². The molecule has 19 heavy (non-hydrogen) atoms. The Morgan fingerprint density at radius 3 is 2.95 bits per heavy atom. The van der Waals surface area contributed by atoms with Crippen LogP contribution in [-0.4, -0.2) is 37.6 Å². The maximum Gasteiger partial charge on any atom is 0.254 e. The first-order valence-corrected chi connectivity index (χ1v) is 8.00. The zero-order chi connectivity index (χ0) is 14.0. The fourth-order valence-corrected chi connectivity index (χ4v) is 4.66. The minimum atomic E-state index is -0.301. The second kappa shape index (κ2) is 5.64. The zero-order valence-corrected chi connectivity index (χ0v) is 13.4. The Morgan fingerprint density at radius 1 is 1.63 bits per heavy atom. The molecule has 1 aliphatic heterocycles. The number of thiocarbonyl (C=S) groups is 1. The number of hydrogen-bond acceptors (Lipinski definition) is 4. The second-order valence-corrected chi connectivity index (χ2v) is 8.06. The minimum Gasteiger partial charge on any atom is -0.622 e. The molecule has 0 N–H and O–H groups in total. The highest BCUT2D eigenvalue weighted by Gasteiger charge is 2.49. The number of rotatable bonds is 4. The molecule has 1 aliphatic rings. The maximum atomic E-state index is 12.5. The smallest absolute Gasteiger partial charge is 0.254 e. The van der Waals surface area contributed by atoms with Crippen molar-refractivity contribution in [3.63, 3.8) is 0 Å². The van der Waals surface area contributed by atoms with Gasteiger partial charge in [0, 0.05) is 6.54 Å². The number of thiophene rings is 1. The first-order valence-electron chi connectivity index (χ1n) is 5.90. The molecule has 2 heterocycles. The summed E-state index contributed by atoms with van der Waals surface area (Å²) in [4.78, 5) is 2.89. The van der Waals surface area contributed by atoms with Crippen molar-refractivity contribution >= 4 is 45.9 Å². The molecule has 1 atom stereocenters. The van der Waals surface area contributed by atoms with E-state index in [1.165, 1.54) is 0 Å². The van der Waals surface area contributed by atoms with Crippen LogP contribution in [0.2, 0.25) is 0 Å². The van der Waals surface area contributed by atoms with Gasteiger partial charge in [0.15, 0.2) is 6.21 Å². The molecule has 2 rings (SSSR count). The lowest BCUT2D eigenvalue weighted by molar-refractivity contribution is -0.523. The first kappa shape index (κ1) is 14.6. The lowest BCUT2D eigenvalue weighted by atomic mass is 10.1. The molecule has 0 saturated carbocycles. The van der Waals surface area contributed by atoms with E-state index in [4.69, 9.17) is 12.2 Å². The van der Waals surface area contributed by atoms with E-state index in [0.717, 1.165) is 13.9 Å². The van der Waals surface area contributed by atoms with Crippen LogP contribution in [-0.2, 0) is 0 Å². The van der Waals surface area contributed by atoms with Crippen LogP contribution in [0, 0.1) is 5.21 Å². The van der Waals surface area contributed by atoms with Crippen molar-refractivity contribution in [3.05, 3.63) is 40.3 Å². The largest absolute Gasteiger partial charge is 0.622 e. The van der Waals surface area contributed by atoms with Crippen LogP contribution >= 0.6 is 35.3 Å². The average Bonchev–Trinajstić information content (AvgIpc) is 2.86. The van der Waals surface area contributed by atoms with E-state index in [9.17, 15) is 5.21 Å². The van der Waals surface area contributed by atoms with Crippen molar-refractivity contribution < 1.29 is 4.74 Å². The zero-order valence-electron chi connectivity index (χ0n) is 10.9. The van der Waals surface area contributed by atoms with Crippen LogP contribution in [0.1, 0.15) is 18.7 Å². The van der Waals surface area contributed by atoms with E-state index in [2.05, 4.69) is 6.58 Å². The molecule has 0 unspecified atom stereocenters. The Hall–Kier alpha value is -0.850. The van der Waals surface area contributed by atoms with Gasteiger partial charge >= 0.3 is 0 Å². The summed E-state index contributed by atoms with van der Waals surface area (Å²) < 4.78 is 1.53. The Morgan fingerprint density at radius 2 is 2.37 bits per heavy atom. The number of hydroxylamine groups is 1. The molecule has 0 spiro atoms. The molecule has 1 aromatic heterocycles. The maximum absolute atomic E-state index is 12.5. The predicted molar refractivity (Wildman–Crippen MR) is 88.1 cm³/mol. The van der Waals surface area contributed by atoms with Gasteiger partial charge in [-0.2, -0.15) is 4.74 Å². The SMILES string of the molecule is C=CCN1C(=S)SC(C)(C)[C@H]1/[N+]([O-])=C/c1cccs1. The molecule has 0 radical (unpaired) electrons. The highest BCUT2D eigenvalue weighted by atomic mass is 32.2. The lowest BCUT2D eigenvalue weighted by Gasteiger charge is -2.28. The molecule has 1 aromatic rings. The molecule has 0 aliphatic carbocycles. The summed E-state index contributed by atoms with van der Waals surface area (Å²) in [7, 11) is 0. The first-order chi connectivity index (χ1) is 8.95. The average molecular weight is 312 g/mol. The molecule has 3 nitrogen and oxygen atoms in total. The van der Waals surface area contributed by atoms with E-state index in [0.29, 0.717) is 6.54 Å². The molecular formula is C13H16N2OS3. The van der Waals surface area contributed by atoms with Gasteiger partial charge in [-0.1, -0.05) is 36.1 Å². The summed E-state index contributed by atoms with van der Waals surface area (Å²) in [6.45, 7) is 8.42. The van der Waals surface area contributed by atoms with Crippen LogP contribution in [0.5, 0.6) is 0 Å². The summed E-state index contributed by atoms with van der Waals surface area (Å²) in [5.74, 6) is 0. The minimum absolute atomic E-state index is 0.240. The van der Waals surface area contributed by atoms with Gasteiger partial charge in [0.1, 0.15) is 9.07 Å². The Kier molecular flexibility index (Phi) is 4.32. The number of thioether (sulfide) groups is 1. The van der Waals surface area contributed by atoms with Gasteiger partial charge < -0.3 is 5.21 Å². The van der Waals surface area contributed by atoms with Crippen LogP contribution in [0.25, 0.3) is 0 Å². The van der Waals surface area contributed by atoms with Gasteiger partial charge in [-0.25, -0.2) is 0 Å². The third-order valence-corrected chi connectivity index (χ3v) is 5.30. The highest BCUT2D eigenvalue weighted by Crippen LogP contribution is 2.41. The third-order valence-electron chi connectivity index (χ3n) is 2.87. The van der Waals surface area contributed by atoms with E-state index in [1.807, 2.05) is 36.3 Å². The summed E-state index contributed by atoms with van der Waals surface area (Å²) in [5.41, 5.74) is 0. The van der Waals surface area contributed by atoms with Gasteiger partial charge in [0.05, 0.1) is 4.88 Å². The standard InChI is InChI=1S/C13H16N2OS3/c1-4-7-14-11(13(2,3)19-12(14)17)15(16)9-10-6-5-8-18-10/h4-6,8-9,11H,1,7H2,2-3H3/b15-9-/t11-/m1/s1. The molecule has 0 aromatic carbocycles. The summed E-state index contributed by atoms with van der Waals surface area (Å²) in [6.07, 6.45) is 3.12. The van der Waals surface area contributed by atoms with Crippen LogP contribution < -0.4 is 0 Å². The van der Waals surface area contributed by atoms with E-state index < -0.39 is 0 Å². The molecule has 0 amide bonds. The van der Waals surface area contributed by atoms with Gasteiger partial charge in [0.25, 0.3) is 6.17 Å². The lowest BCUT2D eigenvalue weighted by Crippen LogP contribution is -2.47. The number of hydrogen-bond donors (Lipinski definition) is 0. The molecule has 0 bridgehead atoms. The summed E-state index contributed by atoms with van der Waals surface area (Å²) in [6, 6.07) is 3.87. The van der Waals surface area contributed by atoms with Gasteiger partial charge in [-0.3, -0.25) is 4.90 Å². The highest BCUT2D eigenvalue weighted by molar-refractivity contribution is 8.24. The van der Waals surface area contributed by atoms with Crippen molar-refractivity contribution in [2.75, 3.05) is 6.54 Å². The van der Waals surface area contributed by atoms with E-state index >= 15 is 0 Å². The van der Waals surface area contributed by atoms with Crippen molar-refractivity contribution in [1.82, 2.24) is 4.90 Å². The Bertz CT molecular complexity index is 508. The Balaban J connectivity index is 2.33. The molecule has 1 saturated heterocycles. The van der Waals surface area contributed by atoms with Crippen LogP contribution in [0.3, 0.4) is 0 Å². The summed E-state index contributed by atoms with van der Waals surface area (Å²) in [5, 5.41) is 14.4. The topological polar surface area (TPSA) is 29.3 Å². The summed E-state index contributed by atoms with van der Waals surface area (Å²) >= 11 is 8.48. The fraction of sp³-hybridized carbons (Fsp3) is 0.385. The Labute approximate surface area is 127 Å². The van der Waals surface area contributed by atoms with Crippen molar-refractivity contribution in [2.24, 2.45) is 0 Å². The van der Waals surface area contributed by atoms with Crippen molar-refractivity contribution in [1.29, 1.82) is 0 Å². The fourth-order valence-electron chi connectivity index (χ4n) is 2.13. The molecular weight excluding hydrogens is 296 g/mol. The molecule has 6 heteroatoms. The van der Waals surface area contributed by atoms with Crippen molar-refractivity contribution in [2.45, 2.75) is 24.8 Å². The third kappa shape index (κ3) is 3.01. The monoisotopic (exact) mass is 312 g/mol. The van der Waals surface area contributed by atoms with Crippen molar-refractivity contribution in [3.8, 4) is 0 Å². The van der Waals surface area contributed by atoms with Gasteiger partial charge in [-0.05, 0) is 25.3 Å².